The molecule has 0 radical (unpaired) electrons. The van der Waals surface area contributed by atoms with E-state index in [9.17, 15) is 9.59 Å². The zero-order chi connectivity index (χ0) is 15.9. The third-order valence-electron chi connectivity index (χ3n) is 4.12. The van der Waals surface area contributed by atoms with Gasteiger partial charge >= 0.3 is 0 Å². The summed E-state index contributed by atoms with van der Waals surface area (Å²) in [6.07, 6.45) is 2.02. The maximum absolute atomic E-state index is 12.3. The number of hydrogen-bond donors (Lipinski definition) is 1. The second-order valence-corrected chi connectivity index (χ2v) is 6.87. The number of amides is 1. The van der Waals surface area contributed by atoms with E-state index in [1.54, 1.807) is 12.1 Å². The topological polar surface area (TPSA) is 63.4 Å². The Kier molecular flexibility index (Phi) is 6.46. The van der Waals surface area contributed by atoms with Crippen LogP contribution in [0.15, 0.2) is 30.3 Å². The molecule has 1 fully saturated rings. The molecule has 0 spiro atoms. The number of benzene rings is 1. The molecule has 1 amide bonds. The molecule has 4 nitrogen and oxygen atoms in total. The zero-order valence-electron chi connectivity index (χ0n) is 13.0. The van der Waals surface area contributed by atoms with E-state index in [2.05, 4.69) is 6.92 Å². The predicted molar refractivity (Wildman–Crippen MR) is 91.1 cm³/mol. The molecule has 5 heteroatoms. The molecule has 1 aromatic carbocycles. The Morgan fingerprint density at radius 3 is 2.68 bits per heavy atom. The molecule has 2 unspecified atom stereocenters. The molecule has 2 atom stereocenters. The number of carbonyl (C=O) groups excluding carboxylic acids is 2. The highest BCUT2D eigenvalue weighted by molar-refractivity contribution is 8.00. The average Bonchev–Trinajstić information content (AvgIpc) is 2.55. The molecule has 1 saturated heterocycles. The molecule has 0 aliphatic carbocycles. The number of Topliss-reactive ketones (excluding diaryl/α,β-unsaturated/α-hetero) is 1. The minimum absolute atomic E-state index is 0.0704. The van der Waals surface area contributed by atoms with Gasteiger partial charge in [-0.15, -0.1) is 11.8 Å². The maximum Gasteiger partial charge on any atom is 0.232 e. The van der Waals surface area contributed by atoms with Gasteiger partial charge < -0.3 is 10.6 Å². The van der Waals surface area contributed by atoms with Crippen LogP contribution in [0.1, 0.15) is 30.1 Å². The smallest absolute Gasteiger partial charge is 0.232 e. The number of nitrogens with two attached hydrogens (primary N) is 1. The van der Waals surface area contributed by atoms with Crippen molar-refractivity contribution < 1.29 is 9.59 Å². The van der Waals surface area contributed by atoms with Crippen LogP contribution in [0, 0.1) is 5.92 Å². The molecule has 0 bridgehead atoms. The minimum atomic E-state index is 0.0704. The quantitative estimate of drug-likeness (QED) is 0.816. The van der Waals surface area contributed by atoms with Gasteiger partial charge in [0, 0.05) is 24.7 Å². The van der Waals surface area contributed by atoms with E-state index in [0.29, 0.717) is 29.5 Å². The summed E-state index contributed by atoms with van der Waals surface area (Å²) in [5.41, 5.74) is 6.49. The third kappa shape index (κ3) is 4.58. The first-order chi connectivity index (χ1) is 10.6. The van der Waals surface area contributed by atoms with Crippen molar-refractivity contribution in [3.05, 3.63) is 35.9 Å². The van der Waals surface area contributed by atoms with Gasteiger partial charge in [0.1, 0.15) is 0 Å². The molecule has 2 rings (SSSR count). The van der Waals surface area contributed by atoms with Crippen molar-refractivity contribution >= 4 is 23.5 Å². The van der Waals surface area contributed by atoms with Crippen LogP contribution in [-0.2, 0) is 4.79 Å². The number of carbonyl (C=O) groups is 2. The second-order valence-electron chi connectivity index (χ2n) is 5.89. The molecule has 1 aliphatic rings. The van der Waals surface area contributed by atoms with E-state index in [-0.39, 0.29) is 17.7 Å². The summed E-state index contributed by atoms with van der Waals surface area (Å²) in [5, 5.41) is 0. The molecule has 1 aromatic rings. The van der Waals surface area contributed by atoms with Crippen molar-refractivity contribution in [1.29, 1.82) is 0 Å². The van der Waals surface area contributed by atoms with E-state index in [4.69, 9.17) is 5.73 Å². The Labute approximate surface area is 136 Å². The van der Waals surface area contributed by atoms with Gasteiger partial charge in [-0.3, -0.25) is 9.59 Å². The van der Waals surface area contributed by atoms with Crippen molar-refractivity contribution in [1.82, 2.24) is 4.90 Å². The molecular weight excluding hydrogens is 296 g/mol. The molecule has 1 heterocycles. The van der Waals surface area contributed by atoms with Gasteiger partial charge in [0.15, 0.2) is 5.78 Å². The van der Waals surface area contributed by atoms with Crippen LogP contribution in [-0.4, -0.2) is 47.2 Å². The summed E-state index contributed by atoms with van der Waals surface area (Å²) in [6, 6.07) is 9.36. The molecular formula is C17H24N2O2S. The van der Waals surface area contributed by atoms with Crippen LogP contribution in [0.4, 0.5) is 0 Å². The van der Waals surface area contributed by atoms with Crippen molar-refractivity contribution in [2.75, 3.05) is 24.6 Å². The lowest BCUT2D eigenvalue weighted by atomic mass is 9.92. The fourth-order valence-electron chi connectivity index (χ4n) is 2.82. The number of ketones is 1. The Morgan fingerprint density at radius 2 is 2.00 bits per heavy atom. The second kappa shape index (κ2) is 8.34. The number of piperidine rings is 1. The van der Waals surface area contributed by atoms with Gasteiger partial charge in [0.05, 0.1) is 11.5 Å². The van der Waals surface area contributed by atoms with Gasteiger partial charge in [-0.1, -0.05) is 37.3 Å². The molecule has 2 N–H and O–H groups in total. The summed E-state index contributed by atoms with van der Waals surface area (Å²) in [4.78, 5) is 26.2. The Balaban J connectivity index is 1.79. The Hall–Kier alpha value is -1.33. The van der Waals surface area contributed by atoms with E-state index >= 15 is 0 Å². The van der Waals surface area contributed by atoms with Crippen molar-refractivity contribution in [3.63, 3.8) is 0 Å². The van der Waals surface area contributed by atoms with Crippen LogP contribution in [0.25, 0.3) is 0 Å². The van der Waals surface area contributed by atoms with Crippen molar-refractivity contribution in [2.45, 2.75) is 25.8 Å². The van der Waals surface area contributed by atoms with Crippen molar-refractivity contribution in [3.8, 4) is 0 Å². The van der Waals surface area contributed by atoms with Crippen LogP contribution in [0.5, 0.6) is 0 Å². The highest BCUT2D eigenvalue weighted by Crippen LogP contribution is 2.22. The molecule has 0 aromatic heterocycles. The van der Waals surface area contributed by atoms with Gasteiger partial charge in [-0.25, -0.2) is 0 Å². The van der Waals surface area contributed by atoms with E-state index in [0.717, 1.165) is 19.4 Å². The van der Waals surface area contributed by atoms with Crippen LogP contribution < -0.4 is 5.73 Å². The largest absolute Gasteiger partial charge is 0.338 e. The normalized spacial score (nSPS) is 21.6. The minimum Gasteiger partial charge on any atom is -0.338 e. The summed E-state index contributed by atoms with van der Waals surface area (Å²) in [7, 11) is 0. The van der Waals surface area contributed by atoms with Gasteiger partial charge in [-0.2, -0.15) is 0 Å². The Bertz CT molecular complexity index is 507. The third-order valence-corrected chi connectivity index (χ3v) is 5.04. The first-order valence-corrected chi connectivity index (χ1v) is 8.92. The standard InChI is InChI=1S/C17H24N2O2S/c1-13-7-8-19(15(9-13)10-18)17(21)12-22-11-16(20)14-5-3-2-4-6-14/h2-6,13,15H,7-12,18H2,1H3. The van der Waals surface area contributed by atoms with Crippen LogP contribution in [0.3, 0.4) is 0 Å². The lowest BCUT2D eigenvalue weighted by Crippen LogP contribution is -2.49. The lowest BCUT2D eigenvalue weighted by molar-refractivity contribution is -0.132. The number of rotatable bonds is 6. The Morgan fingerprint density at radius 1 is 1.27 bits per heavy atom. The van der Waals surface area contributed by atoms with Gasteiger partial charge in [0.25, 0.3) is 0 Å². The molecule has 0 saturated carbocycles. The number of likely N-dealkylation sites (tertiary alicyclic amines) is 1. The number of thioether (sulfide) groups is 1. The van der Waals surface area contributed by atoms with Gasteiger partial charge in [-0.05, 0) is 18.8 Å². The summed E-state index contributed by atoms with van der Waals surface area (Å²) >= 11 is 1.39. The fraction of sp³-hybridized carbons (Fsp3) is 0.529. The predicted octanol–water partition coefficient (Wildman–Crippen LogP) is 2.19. The molecule has 120 valence electrons. The SMILES string of the molecule is CC1CCN(C(=O)CSCC(=O)c2ccccc2)C(CN)C1. The molecule has 22 heavy (non-hydrogen) atoms. The molecule has 1 aliphatic heterocycles. The summed E-state index contributed by atoms with van der Waals surface area (Å²) in [6.45, 7) is 3.51. The van der Waals surface area contributed by atoms with Crippen LogP contribution in [0.2, 0.25) is 0 Å². The average molecular weight is 320 g/mol. The summed E-state index contributed by atoms with van der Waals surface area (Å²) < 4.78 is 0. The number of hydrogen-bond acceptors (Lipinski definition) is 4. The lowest BCUT2D eigenvalue weighted by Gasteiger charge is -2.38. The fourth-order valence-corrected chi connectivity index (χ4v) is 3.62. The zero-order valence-corrected chi connectivity index (χ0v) is 13.8. The highest BCUT2D eigenvalue weighted by Gasteiger charge is 2.28. The van der Waals surface area contributed by atoms with E-state index in [1.165, 1.54) is 11.8 Å². The first-order valence-electron chi connectivity index (χ1n) is 7.77. The first kappa shape index (κ1) is 17.0. The van der Waals surface area contributed by atoms with E-state index in [1.807, 2.05) is 23.1 Å². The number of nitrogens with zero attached hydrogens (tertiary/aromatic N) is 1. The van der Waals surface area contributed by atoms with E-state index < -0.39 is 0 Å². The van der Waals surface area contributed by atoms with Crippen molar-refractivity contribution in [2.24, 2.45) is 11.7 Å². The monoisotopic (exact) mass is 320 g/mol. The maximum atomic E-state index is 12.3. The summed E-state index contributed by atoms with van der Waals surface area (Å²) in [5.74, 6) is 1.50. The van der Waals surface area contributed by atoms with Crippen LogP contribution >= 0.6 is 11.8 Å². The van der Waals surface area contributed by atoms with Gasteiger partial charge in [0.2, 0.25) is 5.91 Å². The highest BCUT2D eigenvalue weighted by atomic mass is 32.2.